The first-order valence-electron chi connectivity index (χ1n) is 5.87. The van der Waals surface area contributed by atoms with Crippen LogP contribution in [0.2, 0.25) is 0 Å². The summed E-state index contributed by atoms with van der Waals surface area (Å²) in [6, 6.07) is 5.05. The number of rotatable bonds is 4. The molecule has 1 aliphatic heterocycles. The van der Waals surface area contributed by atoms with Gasteiger partial charge >= 0.3 is 0 Å². The number of sulfone groups is 1. The van der Waals surface area contributed by atoms with E-state index in [1.165, 1.54) is 6.26 Å². The number of hydrogen-bond donors (Lipinski definition) is 1. The second-order valence-corrected chi connectivity index (χ2v) is 6.80. The number of fused-ring (bicyclic) bond motifs is 1. The molecule has 0 saturated heterocycles. The van der Waals surface area contributed by atoms with Crippen molar-refractivity contribution in [3.63, 3.8) is 0 Å². The molecule has 0 aliphatic carbocycles. The maximum atomic E-state index is 11.8. The summed E-state index contributed by atoms with van der Waals surface area (Å²) in [5.41, 5.74) is 6.85. The number of benzene rings is 1. The van der Waals surface area contributed by atoms with Crippen LogP contribution in [0.15, 0.2) is 18.2 Å². The first-order valence-corrected chi connectivity index (χ1v) is 7.93. The lowest BCUT2D eigenvalue weighted by atomic mass is 10.2. The Hall–Kier alpha value is -1.76. The Morgan fingerprint density at radius 2 is 2.16 bits per heavy atom. The van der Waals surface area contributed by atoms with Gasteiger partial charge in [-0.25, -0.2) is 8.42 Å². The van der Waals surface area contributed by atoms with Crippen molar-refractivity contribution < 1.29 is 17.9 Å². The van der Waals surface area contributed by atoms with E-state index in [0.29, 0.717) is 30.1 Å². The van der Waals surface area contributed by atoms with Crippen LogP contribution in [-0.4, -0.2) is 39.5 Å². The molecule has 0 bridgehead atoms. The molecule has 0 atom stereocenters. The minimum absolute atomic E-state index is 0.0463. The number of carbonyl (C=O) groups excluding carboxylic acids is 1. The van der Waals surface area contributed by atoms with Gasteiger partial charge in [0.1, 0.15) is 15.6 Å². The van der Waals surface area contributed by atoms with Crippen LogP contribution in [-0.2, 0) is 14.6 Å². The maximum absolute atomic E-state index is 11.8. The van der Waals surface area contributed by atoms with Crippen molar-refractivity contribution >= 4 is 27.1 Å². The molecule has 7 heteroatoms. The molecule has 0 saturated carbocycles. The number of hydrogen-bond acceptors (Lipinski definition) is 5. The van der Waals surface area contributed by atoms with Gasteiger partial charge in [-0.1, -0.05) is 0 Å². The lowest BCUT2D eigenvalue weighted by molar-refractivity contribution is -0.121. The topological polar surface area (TPSA) is 89.7 Å². The van der Waals surface area contributed by atoms with Gasteiger partial charge in [-0.05, 0) is 18.6 Å². The van der Waals surface area contributed by atoms with Crippen LogP contribution in [0.5, 0.6) is 5.75 Å². The predicted molar refractivity (Wildman–Crippen MR) is 73.0 cm³/mol. The molecular formula is C12H16N2O4S. The van der Waals surface area contributed by atoms with E-state index < -0.39 is 9.84 Å². The van der Waals surface area contributed by atoms with Crippen molar-refractivity contribution in [2.24, 2.45) is 0 Å². The molecule has 0 spiro atoms. The molecule has 0 radical (unpaired) electrons. The summed E-state index contributed by atoms with van der Waals surface area (Å²) in [5, 5.41) is 0. The zero-order valence-corrected chi connectivity index (χ0v) is 11.4. The van der Waals surface area contributed by atoms with E-state index in [1.54, 1.807) is 23.1 Å². The van der Waals surface area contributed by atoms with Gasteiger partial charge in [-0.3, -0.25) is 4.79 Å². The fourth-order valence-corrected chi connectivity index (χ4v) is 2.60. The Balaban J connectivity index is 2.14. The number of carbonyl (C=O) groups is 1. The molecule has 1 aliphatic rings. The summed E-state index contributed by atoms with van der Waals surface area (Å²) in [4.78, 5) is 13.4. The summed E-state index contributed by atoms with van der Waals surface area (Å²) < 4.78 is 27.5. The van der Waals surface area contributed by atoms with E-state index in [1.807, 2.05) is 0 Å². The van der Waals surface area contributed by atoms with E-state index in [0.717, 1.165) is 0 Å². The SMILES string of the molecule is CS(=O)(=O)CCCN1C(=O)COc2cc(N)ccc21. The number of nitrogens with zero attached hydrogens (tertiary/aromatic N) is 1. The van der Waals surface area contributed by atoms with Crippen molar-refractivity contribution in [1.29, 1.82) is 0 Å². The Bertz CT molecular complexity index is 598. The molecule has 1 aromatic carbocycles. The third-order valence-corrected chi connectivity index (χ3v) is 3.85. The van der Waals surface area contributed by atoms with Gasteiger partial charge in [-0.2, -0.15) is 0 Å². The van der Waals surface area contributed by atoms with Crippen molar-refractivity contribution in [1.82, 2.24) is 0 Å². The van der Waals surface area contributed by atoms with Crippen LogP contribution in [0.3, 0.4) is 0 Å². The molecule has 0 unspecified atom stereocenters. The average Bonchev–Trinajstić information content (AvgIpc) is 2.30. The first kappa shape index (κ1) is 13.7. The Morgan fingerprint density at radius 3 is 2.84 bits per heavy atom. The third-order valence-electron chi connectivity index (χ3n) is 2.82. The highest BCUT2D eigenvalue weighted by Gasteiger charge is 2.25. The fourth-order valence-electron chi connectivity index (χ4n) is 1.95. The monoisotopic (exact) mass is 284 g/mol. The molecule has 1 aromatic rings. The zero-order chi connectivity index (χ0) is 14.0. The number of amides is 1. The molecular weight excluding hydrogens is 268 g/mol. The van der Waals surface area contributed by atoms with Gasteiger partial charge in [-0.15, -0.1) is 0 Å². The molecule has 6 nitrogen and oxygen atoms in total. The summed E-state index contributed by atoms with van der Waals surface area (Å²) in [6.45, 7) is 0.307. The van der Waals surface area contributed by atoms with Crippen LogP contribution in [0.1, 0.15) is 6.42 Å². The normalized spacial score (nSPS) is 15.0. The van der Waals surface area contributed by atoms with Gasteiger partial charge < -0.3 is 15.4 Å². The molecule has 0 fully saturated rings. The van der Waals surface area contributed by atoms with E-state index in [9.17, 15) is 13.2 Å². The number of ether oxygens (including phenoxy) is 1. The maximum Gasteiger partial charge on any atom is 0.265 e. The van der Waals surface area contributed by atoms with Gasteiger partial charge in [0.05, 0.1) is 11.4 Å². The first-order chi connectivity index (χ1) is 8.87. The highest BCUT2D eigenvalue weighted by molar-refractivity contribution is 7.90. The van der Waals surface area contributed by atoms with Crippen LogP contribution < -0.4 is 15.4 Å². The zero-order valence-electron chi connectivity index (χ0n) is 10.6. The lowest BCUT2D eigenvalue weighted by Crippen LogP contribution is -2.39. The van der Waals surface area contributed by atoms with Crippen molar-refractivity contribution in [2.75, 3.05) is 35.8 Å². The van der Waals surface area contributed by atoms with Gasteiger partial charge in [0.25, 0.3) is 5.91 Å². The minimum Gasteiger partial charge on any atom is -0.481 e. The second kappa shape index (κ2) is 5.08. The van der Waals surface area contributed by atoms with Crippen molar-refractivity contribution in [3.05, 3.63) is 18.2 Å². The van der Waals surface area contributed by atoms with Gasteiger partial charge in [0, 0.05) is 24.6 Å². The van der Waals surface area contributed by atoms with E-state index in [4.69, 9.17) is 10.5 Å². The number of nitrogens with two attached hydrogens (primary N) is 1. The summed E-state index contributed by atoms with van der Waals surface area (Å²) in [7, 11) is -3.02. The summed E-state index contributed by atoms with van der Waals surface area (Å²) in [6.07, 6.45) is 1.58. The Kier molecular flexibility index (Phi) is 3.66. The standard InChI is InChI=1S/C12H16N2O4S/c1-19(16,17)6-2-5-14-10-4-3-9(13)7-11(10)18-8-12(14)15/h3-4,7H,2,5-6,8,13H2,1H3. The van der Waals surface area contributed by atoms with Gasteiger partial charge in [0.15, 0.2) is 6.61 Å². The molecule has 1 amide bonds. The summed E-state index contributed by atoms with van der Waals surface area (Å²) in [5.74, 6) is 0.437. The molecule has 2 rings (SSSR count). The molecule has 104 valence electrons. The molecule has 1 heterocycles. The van der Waals surface area contributed by atoms with Crippen LogP contribution in [0.4, 0.5) is 11.4 Å². The van der Waals surface area contributed by atoms with Crippen LogP contribution in [0, 0.1) is 0 Å². The van der Waals surface area contributed by atoms with E-state index >= 15 is 0 Å². The number of anilines is 2. The molecule has 2 N–H and O–H groups in total. The van der Waals surface area contributed by atoms with E-state index in [2.05, 4.69) is 0 Å². The highest BCUT2D eigenvalue weighted by atomic mass is 32.2. The quantitative estimate of drug-likeness (QED) is 0.810. The molecule has 19 heavy (non-hydrogen) atoms. The van der Waals surface area contributed by atoms with Crippen LogP contribution >= 0.6 is 0 Å². The highest BCUT2D eigenvalue weighted by Crippen LogP contribution is 2.33. The second-order valence-electron chi connectivity index (χ2n) is 4.54. The fraction of sp³-hybridized carbons (Fsp3) is 0.417. The molecule has 0 aromatic heterocycles. The van der Waals surface area contributed by atoms with Crippen LogP contribution in [0.25, 0.3) is 0 Å². The van der Waals surface area contributed by atoms with Crippen molar-refractivity contribution in [3.8, 4) is 5.75 Å². The summed E-state index contributed by atoms with van der Waals surface area (Å²) >= 11 is 0. The number of nitrogen functional groups attached to an aromatic ring is 1. The Morgan fingerprint density at radius 1 is 1.42 bits per heavy atom. The largest absolute Gasteiger partial charge is 0.481 e. The average molecular weight is 284 g/mol. The Labute approximate surface area is 112 Å². The third kappa shape index (κ3) is 3.37. The lowest BCUT2D eigenvalue weighted by Gasteiger charge is -2.29. The minimum atomic E-state index is -3.02. The van der Waals surface area contributed by atoms with Gasteiger partial charge in [0.2, 0.25) is 0 Å². The van der Waals surface area contributed by atoms with E-state index in [-0.39, 0.29) is 18.3 Å². The van der Waals surface area contributed by atoms with Crippen molar-refractivity contribution in [2.45, 2.75) is 6.42 Å². The smallest absolute Gasteiger partial charge is 0.265 e. The predicted octanol–water partition coefficient (Wildman–Crippen LogP) is 0.429.